The predicted octanol–water partition coefficient (Wildman–Crippen LogP) is -0.132. The Morgan fingerprint density at radius 1 is 1.25 bits per heavy atom. The van der Waals surface area contributed by atoms with E-state index in [0.29, 0.717) is 11.1 Å². The van der Waals surface area contributed by atoms with Gasteiger partial charge in [0.05, 0.1) is 18.2 Å². The van der Waals surface area contributed by atoms with Crippen LogP contribution in [0.15, 0.2) is 29.3 Å². The van der Waals surface area contributed by atoms with Gasteiger partial charge >= 0.3 is 0 Å². The third-order valence-electron chi connectivity index (χ3n) is 3.82. The molecule has 1 aromatic rings. The molecule has 0 aliphatic carbocycles. The lowest BCUT2D eigenvalue weighted by Crippen LogP contribution is -2.56. The van der Waals surface area contributed by atoms with Gasteiger partial charge in [0.25, 0.3) is 11.8 Å². The second-order valence-corrected chi connectivity index (χ2v) is 6.36. The average Bonchev–Trinajstić information content (AvgIpc) is 2.71. The van der Waals surface area contributed by atoms with E-state index in [9.17, 15) is 9.59 Å². The van der Waals surface area contributed by atoms with E-state index in [1.165, 1.54) is 17.6 Å². The van der Waals surface area contributed by atoms with Gasteiger partial charge in [0.2, 0.25) is 0 Å². The number of carbonyl (C=O) groups excluding carboxylic acids is 2. The average molecular weight is 385 g/mol. The Morgan fingerprint density at radius 3 is 2.43 bits per heavy atom. The zero-order chi connectivity index (χ0) is 21.2. The van der Waals surface area contributed by atoms with E-state index >= 15 is 0 Å². The van der Waals surface area contributed by atoms with Gasteiger partial charge in [-0.1, -0.05) is 11.8 Å². The molecule has 2 amide bonds. The smallest absolute Gasteiger partial charge is 0.268 e. The van der Waals surface area contributed by atoms with Crippen LogP contribution in [0, 0.1) is 23.7 Å². The minimum atomic E-state index is -1.12. The third-order valence-corrected chi connectivity index (χ3v) is 3.82. The molecule has 0 saturated carbocycles. The first-order chi connectivity index (χ1) is 13.2. The standard InChI is InChI=1S/C20H23N3O5/c1-20(2,21-3)17(19(27)23-28)22-18(26)15-11-9-14(10-12-15)7-5-4-6-8-16(25)13-24/h9-12,16-17,24-25,28H,3,8,13H2,1-2H3,(H,22,26)(H,23,27)/t16?,17-/m1/s1. The Labute approximate surface area is 163 Å². The molecule has 0 aliphatic heterocycles. The molecule has 5 N–H and O–H groups in total. The van der Waals surface area contributed by atoms with E-state index in [0.717, 1.165) is 0 Å². The molecule has 8 nitrogen and oxygen atoms in total. The number of carbonyl (C=O) groups is 2. The summed E-state index contributed by atoms with van der Waals surface area (Å²) in [6, 6.07) is 5.18. The second-order valence-electron chi connectivity index (χ2n) is 6.36. The Hall–Kier alpha value is -3.17. The molecule has 0 aliphatic rings. The number of nitrogens with zero attached hydrogens (tertiary/aromatic N) is 1. The fraction of sp³-hybridized carbons (Fsp3) is 0.350. The summed E-state index contributed by atoms with van der Waals surface area (Å²) in [4.78, 5) is 28.1. The highest BCUT2D eigenvalue weighted by atomic mass is 16.5. The van der Waals surface area contributed by atoms with Gasteiger partial charge in [0.1, 0.15) is 6.04 Å². The Balaban J connectivity index is 2.83. The highest BCUT2D eigenvalue weighted by molar-refractivity contribution is 5.98. The molecule has 0 saturated heterocycles. The van der Waals surface area contributed by atoms with Gasteiger partial charge in [-0.05, 0) is 56.7 Å². The molecule has 0 aromatic heterocycles. The molecule has 1 unspecified atom stereocenters. The van der Waals surface area contributed by atoms with Crippen LogP contribution in [0.3, 0.4) is 0 Å². The summed E-state index contributed by atoms with van der Waals surface area (Å²) in [6.07, 6.45) is -0.756. The molecule has 8 heteroatoms. The zero-order valence-electron chi connectivity index (χ0n) is 15.7. The largest absolute Gasteiger partial charge is 0.394 e. The first kappa shape index (κ1) is 22.9. The number of aliphatic imine (C=N–C) groups is 1. The number of benzene rings is 1. The quantitative estimate of drug-likeness (QED) is 0.193. The van der Waals surface area contributed by atoms with E-state index in [1.54, 1.807) is 26.0 Å². The number of aliphatic hydroxyl groups excluding tert-OH is 2. The third kappa shape index (κ3) is 6.86. The van der Waals surface area contributed by atoms with Crippen LogP contribution >= 0.6 is 0 Å². The maximum atomic E-state index is 12.4. The van der Waals surface area contributed by atoms with Gasteiger partial charge in [-0.15, -0.1) is 0 Å². The van der Waals surface area contributed by atoms with Crippen LogP contribution in [-0.4, -0.2) is 58.2 Å². The SMILES string of the molecule is C=NC(C)(C)[C@H](NC(=O)c1ccc(C#CC#CCC(O)CO)cc1)C(=O)NO. The van der Waals surface area contributed by atoms with Crippen molar-refractivity contribution < 1.29 is 25.0 Å². The number of rotatable bonds is 7. The summed E-state index contributed by atoms with van der Waals surface area (Å²) in [5.41, 5.74) is 1.39. The summed E-state index contributed by atoms with van der Waals surface area (Å²) < 4.78 is 0. The minimum absolute atomic E-state index is 0.128. The molecule has 2 atom stereocenters. The van der Waals surface area contributed by atoms with Crippen LogP contribution in [0.1, 0.15) is 36.2 Å². The van der Waals surface area contributed by atoms with E-state index < -0.39 is 29.5 Å². The molecule has 0 heterocycles. The van der Waals surface area contributed by atoms with E-state index in [1.807, 2.05) is 0 Å². The van der Waals surface area contributed by atoms with E-state index in [2.05, 4.69) is 40.7 Å². The fourth-order valence-electron chi connectivity index (χ4n) is 2.02. The highest BCUT2D eigenvalue weighted by Gasteiger charge is 2.35. The van der Waals surface area contributed by atoms with Crippen molar-refractivity contribution in [1.29, 1.82) is 0 Å². The van der Waals surface area contributed by atoms with E-state index in [-0.39, 0.29) is 13.0 Å². The first-order valence-electron chi connectivity index (χ1n) is 8.35. The Morgan fingerprint density at radius 2 is 1.89 bits per heavy atom. The van der Waals surface area contributed by atoms with Crippen molar-refractivity contribution in [3.05, 3.63) is 35.4 Å². The van der Waals surface area contributed by atoms with Crippen LogP contribution in [0.25, 0.3) is 0 Å². The summed E-state index contributed by atoms with van der Waals surface area (Å²) in [7, 11) is 0. The van der Waals surface area contributed by atoms with Crippen molar-refractivity contribution in [2.24, 2.45) is 4.99 Å². The van der Waals surface area contributed by atoms with Gasteiger partial charge in [-0.25, -0.2) is 5.48 Å². The molecule has 0 bridgehead atoms. The molecular weight excluding hydrogens is 362 g/mol. The topological polar surface area (TPSA) is 131 Å². The van der Waals surface area contributed by atoms with Gasteiger partial charge < -0.3 is 15.5 Å². The maximum absolute atomic E-state index is 12.4. The van der Waals surface area contributed by atoms with E-state index in [4.69, 9.17) is 15.4 Å². The van der Waals surface area contributed by atoms with Gasteiger partial charge in [-0.2, -0.15) is 0 Å². The molecule has 0 spiro atoms. The number of hydrogen-bond donors (Lipinski definition) is 5. The summed E-state index contributed by atoms with van der Waals surface area (Å²) in [6.45, 7) is 6.24. The monoisotopic (exact) mass is 385 g/mol. The molecule has 0 radical (unpaired) electrons. The zero-order valence-corrected chi connectivity index (χ0v) is 15.7. The lowest BCUT2D eigenvalue weighted by Gasteiger charge is -2.29. The Bertz CT molecular complexity index is 825. The van der Waals surface area contributed by atoms with Crippen molar-refractivity contribution in [2.45, 2.75) is 38.0 Å². The fourth-order valence-corrected chi connectivity index (χ4v) is 2.02. The number of hydroxylamine groups is 1. The molecular formula is C20H23N3O5. The summed E-state index contributed by atoms with van der Waals surface area (Å²) >= 11 is 0. The van der Waals surface area contributed by atoms with Gasteiger partial charge in [-0.3, -0.25) is 19.8 Å². The molecule has 1 rings (SSSR count). The van der Waals surface area contributed by atoms with Gasteiger partial charge in [0, 0.05) is 17.5 Å². The molecule has 1 aromatic carbocycles. The normalized spacial score (nSPS) is 12.3. The maximum Gasteiger partial charge on any atom is 0.268 e. The van der Waals surface area contributed by atoms with Crippen LogP contribution in [-0.2, 0) is 4.79 Å². The van der Waals surface area contributed by atoms with Crippen molar-refractivity contribution in [3.63, 3.8) is 0 Å². The lowest BCUT2D eigenvalue weighted by atomic mass is 9.94. The Kier molecular flexibility index (Phi) is 8.86. The number of aliphatic hydroxyl groups is 2. The predicted molar refractivity (Wildman–Crippen MR) is 104 cm³/mol. The molecule has 0 fully saturated rings. The van der Waals surface area contributed by atoms with Crippen molar-refractivity contribution in [1.82, 2.24) is 10.8 Å². The van der Waals surface area contributed by atoms with Crippen LogP contribution in [0.2, 0.25) is 0 Å². The summed E-state index contributed by atoms with van der Waals surface area (Å²) in [5, 5.41) is 29.2. The van der Waals surface area contributed by atoms with Crippen molar-refractivity contribution >= 4 is 18.5 Å². The van der Waals surface area contributed by atoms with Crippen molar-refractivity contribution in [2.75, 3.05) is 6.61 Å². The number of nitrogens with one attached hydrogen (secondary N) is 2. The van der Waals surface area contributed by atoms with Crippen LogP contribution in [0.4, 0.5) is 0 Å². The minimum Gasteiger partial charge on any atom is -0.394 e. The van der Waals surface area contributed by atoms with Crippen molar-refractivity contribution in [3.8, 4) is 23.7 Å². The number of hydrogen-bond acceptors (Lipinski definition) is 6. The van der Waals surface area contributed by atoms with Crippen LogP contribution < -0.4 is 10.8 Å². The second kappa shape index (κ2) is 10.9. The lowest BCUT2D eigenvalue weighted by molar-refractivity contribution is -0.132. The molecule has 28 heavy (non-hydrogen) atoms. The summed E-state index contributed by atoms with van der Waals surface area (Å²) in [5.74, 6) is 9.24. The van der Waals surface area contributed by atoms with Gasteiger partial charge in [0.15, 0.2) is 0 Å². The molecule has 148 valence electrons. The number of amides is 2. The highest BCUT2D eigenvalue weighted by Crippen LogP contribution is 2.15. The first-order valence-corrected chi connectivity index (χ1v) is 8.35. The van der Waals surface area contributed by atoms with Crippen LogP contribution in [0.5, 0.6) is 0 Å².